The Bertz CT molecular complexity index is 1330. The fourth-order valence-corrected chi connectivity index (χ4v) is 5.17. The highest BCUT2D eigenvalue weighted by molar-refractivity contribution is 5.95. The van der Waals surface area contributed by atoms with E-state index in [2.05, 4.69) is 5.16 Å². The summed E-state index contributed by atoms with van der Waals surface area (Å²) >= 11 is 0. The Balaban J connectivity index is 1.62. The molecule has 0 spiro atoms. The number of alkyl halides is 1. The minimum absolute atomic E-state index is 0.0224. The van der Waals surface area contributed by atoms with Gasteiger partial charge in [-0.3, -0.25) is 9.78 Å². The van der Waals surface area contributed by atoms with E-state index in [0.29, 0.717) is 12.8 Å². The van der Waals surface area contributed by atoms with Gasteiger partial charge in [0, 0.05) is 29.1 Å². The summed E-state index contributed by atoms with van der Waals surface area (Å²) in [6.07, 6.45) is 7.83. The topological polar surface area (TPSA) is 81.2 Å². The molecule has 6 nitrogen and oxygen atoms in total. The molecule has 1 aliphatic rings. The number of carboxylic acids is 1. The average Bonchev–Trinajstić information content (AvgIpc) is 3.33. The first-order chi connectivity index (χ1) is 16.3. The van der Waals surface area contributed by atoms with Gasteiger partial charge in [0.1, 0.15) is 11.4 Å². The number of nitrogens with zero attached hydrogens (tertiary/aromatic N) is 3. The van der Waals surface area contributed by atoms with E-state index in [1.54, 1.807) is 0 Å². The summed E-state index contributed by atoms with van der Waals surface area (Å²) in [4.78, 5) is 15.8. The number of carboxylic acid groups (broad SMARTS) is 1. The first-order valence-corrected chi connectivity index (χ1v) is 11.8. The van der Waals surface area contributed by atoms with Crippen LogP contribution >= 0.6 is 0 Å². The molecular weight excluding hydrogens is 433 g/mol. The van der Waals surface area contributed by atoms with E-state index in [-0.39, 0.29) is 13.0 Å². The van der Waals surface area contributed by atoms with Crippen LogP contribution in [0, 0.1) is 13.8 Å². The molecule has 7 heteroatoms. The maximum atomic E-state index is 15.8. The van der Waals surface area contributed by atoms with Crippen LogP contribution in [-0.2, 0) is 17.8 Å². The molecule has 0 unspecified atom stereocenters. The van der Waals surface area contributed by atoms with E-state index < -0.39 is 11.6 Å². The quantitative estimate of drug-likeness (QED) is 0.366. The average molecular weight is 462 g/mol. The molecule has 1 N–H and O–H groups in total. The Hall–Kier alpha value is -3.48. The Morgan fingerprint density at radius 1 is 1.15 bits per heavy atom. The molecule has 1 saturated carbocycles. The number of benzene rings is 1. The number of aryl methyl sites for hydroxylation is 2. The molecule has 1 aromatic carbocycles. The Morgan fingerprint density at radius 3 is 2.53 bits per heavy atom. The molecule has 0 bridgehead atoms. The molecule has 0 aliphatic heterocycles. The molecule has 176 valence electrons. The van der Waals surface area contributed by atoms with Crippen molar-refractivity contribution in [3.8, 4) is 22.3 Å². The molecule has 1 fully saturated rings. The molecule has 5 rings (SSSR count). The van der Waals surface area contributed by atoms with Crippen molar-refractivity contribution in [2.45, 2.75) is 64.6 Å². The van der Waals surface area contributed by atoms with E-state index >= 15 is 4.39 Å². The summed E-state index contributed by atoms with van der Waals surface area (Å²) in [6, 6.07) is 9.51. The SMILES string of the molecule is Cc1noc(C)c1-c1cnc2c(-c3ccc(CC(=O)O)cc3)cn(CC3(F)CCCCC3)c2c1. The number of aromatic nitrogens is 3. The van der Waals surface area contributed by atoms with Gasteiger partial charge in [0.15, 0.2) is 0 Å². The van der Waals surface area contributed by atoms with Crippen LogP contribution in [0.3, 0.4) is 0 Å². The third-order valence-corrected chi connectivity index (χ3v) is 6.86. The largest absolute Gasteiger partial charge is 0.481 e. The lowest BCUT2D eigenvalue weighted by Gasteiger charge is -2.30. The van der Waals surface area contributed by atoms with Gasteiger partial charge < -0.3 is 14.2 Å². The first kappa shape index (κ1) is 22.3. The van der Waals surface area contributed by atoms with Crippen LogP contribution in [-0.4, -0.2) is 31.5 Å². The standard InChI is InChI=1S/C27H28FN3O3/c1-17-25(18(2)34-30-17)21-13-23-26(29-14-21)22(20-8-6-19(7-9-20)12-24(32)33)15-31(23)16-27(28)10-4-3-5-11-27/h6-9,13-15H,3-5,10-12,16H2,1-2H3,(H,32,33). The Kier molecular flexibility index (Phi) is 5.71. The van der Waals surface area contributed by atoms with Gasteiger partial charge in [-0.2, -0.15) is 0 Å². The van der Waals surface area contributed by atoms with E-state index in [1.807, 2.05) is 61.1 Å². The van der Waals surface area contributed by atoms with Crippen molar-refractivity contribution in [1.82, 2.24) is 14.7 Å². The smallest absolute Gasteiger partial charge is 0.307 e. The molecule has 0 amide bonds. The number of halogens is 1. The fraction of sp³-hybridized carbons (Fsp3) is 0.370. The summed E-state index contributed by atoms with van der Waals surface area (Å²) in [5.74, 6) is -0.140. The van der Waals surface area contributed by atoms with E-state index in [0.717, 1.165) is 69.6 Å². The zero-order chi connectivity index (χ0) is 23.9. The number of hydrogen-bond acceptors (Lipinski definition) is 4. The summed E-state index contributed by atoms with van der Waals surface area (Å²) in [6.45, 7) is 4.06. The number of fused-ring (bicyclic) bond motifs is 1. The highest BCUT2D eigenvalue weighted by atomic mass is 19.1. The summed E-state index contributed by atoms with van der Waals surface area (Å²) < 4.78 is 23.1. The van der Waals surface area contributed by atoms with Gasteiger partial charge in [-0.05, 0) is 43.9 Å². The second-order valence-corrected chi connectivity index (χ2v) is 9.44. The van der Waals surface area contributed by atoms with Crippen LogP contribution in [0.2, 0.25) is 0 Å². The maximum absolute atomic E-state index is 15.8. The molecule has 1 aliphatic carbocycles. The number of aliphatic carboxylic acids is 1. The van der Waals surface area contributed by atoms with Gasteiger partial charge in [-0.25, -0.2) is 4.39 Å². The highest BCUT2D eigenvalue weighted by Gasteiger charge is 2.33. The second-order valence-electron chi connectivity index (χ2n) is 9.44. The molecule has 3 aromatic heterocycles. The zero-order valence-electron chi connectivity index (χ0n) is 19.5. The normalized spacial score (nSPS) is 15.6. The first-order valence-electron chi connectivity index (χ1n) is 11.8. The molecular formula is C27H28FN3O3. The zero-order valence-corrected chi connectivity index (χ0v) is 19.5. The lowest BCUT2D eigenvalue weighted by atomic mass is 9.86. The van der Waals surface area contributed by atoms with Crippen LogP contribution in [0.25, 0.3) is 33.3 Å². The van der Waals surface area contributed by atoms with Crippen LogP contribution in [0.4, 0.5) is 4.39 Å². The van der Waals surface area contributed by atoms with Crippen LogP contribution in [0.1, 0.15) is 49.1 Å². The Labute approximate surface area is 197 Å². The van der Waals surface area contributed by atoms with Crippen molar-refractivity contribution in [2.75, 3.05) is 0 Å². The molecule has 0 saturated heterocycles. The predicted molar refractivity (Wildman–Crippen MR) is 128 cm³/mol. The molecule has 34 heavy (non-hydrogen) atoms. The minimum atomic E-state index is -1.23. The monoisotopic (exact) mass is 461 g/mol. The number of carbonyl (C=O) groups is 1. The van der Waals surface area contributed by atoms with Crippen molar-refractivity contribution >= 4 is 17.0 Å². The van der Waals surface area contributed by atoms with E-state index in [1.165, 1.54) is 0 Å². The summed E-state index contributed by atoms with van der Waals surface area (Å²) in [5.41, 5.74) is 5.58. The van der Waals surface area contributed by atoms with Gasteiger partial charge in [-0.1, -0.05) is 48.7 Å². The van der Waals surface area contributed by atoms with Gasteiger partial charge in [-0.15, -0.1) is 0 Å². The summed E-state index contributed by atoms with van der Waals surface area (Å²) in [5, 5.41) is 13.1. The lowest BCUT2D eigenvalue weighted by Crippen LogP contribution is -2.31. The Morgan fingerprint density at radius 2 is 1.88 bits per heavy atom. The van der Waals surface area contributed by atoms with Crippen molar-refractivity contribution in [2.24, 2.45) is 0 Å². The molecule has 0 radical (unpaired) electrons. The summed E-state index contributed by atoms with van der Waals surface area (Å²) in [7, 11) is 0. The minimum Gasteiger partial charge on any atom is -0.481 e. The van der Waals surface area contributed by atoms with Crippen LogP contribution in [0.15, 0.2) is 47.2 Å². The number of rotatable bonds is 6. The highest BCUT2D eigenvalue weighted by Crippen LogP contribution is 2.38. The van der Waals surface area contributed by atoms with Gasteiger partial charge in [0.2, 0.25) is 0 Å². The third kappa shape index (κ3) is 4.22. The molecule has 3 heterocycles. The van der Waals surface area contributed by atoms with Crippen LogP contribution < -0.4 is 0 Å². The van der Waals surface area contributed by atoms with E-state index in [9.17, 15) is 4.79 Å². The van der Waals surface area contributed by atoms with Gasteiger partial charge >= 0.3 is 5.97 Å². The van der Waals surface area contributed by atoms with Gasteiger partial charge in [0.05, 0.1) is 29.7 Å². The number of pyridine rings is 1. The lowest BCUT2D eigenvalue weighted by molar-refractivity contribution is -0.136. The van der Waals surface area contributed by atoms with Crippen molar-refractivity contribution in [3.63, 3.8) is 0 Å². The van der Waals surface area contributed by atoms with Crippen molar-refractivity contribution in [3.05, 3.63) is 59.7 Å². The van der Waals surface area contributed by atoms with Crippen molar-refractivity contribution in [1.29, 1.82) is 0 Å². The molecule has 0 atom stereocenters. The number of hydrogen-bond donors (Lipinski definition) is 1. The molecule has 4 aromatic rings. The van der Waals surface area contributed by atoms with E-state index in [4.69, 9.17) is 14.6 Å². The third-order valence-electron chi connectivity index (χ3n) is 6.86. The second kappa shape index (κ2) is 8.70. The van der Waals surface area contributed by atoms with Gasteiger partial charge in [0.25, 0.3) is 0 Å². The maximum Gasteiger partial charge on any atom is 0.307 e. The fourth-order valence-electron chi connectivity index (χ4n) is 5.17. The van der Waals surface area contributed by atoms with Crippen LogP contribution in [0.5, 0.6) is 0 Å². The van der Waals surface area contributed by atoms with Crippen molar-refractivity contribution < 1.29 is 18.8 Å². The predicted octanol–water partition coefficient (Wildman–Crippen LogP) is 6.27.